The molecule has 0 aliphatic rings. The molecule has 98 valence electrons. The van der Waals surface area contributed by atoms with E-state index in [1.54, 1.807) is 0 Å². The van der Waals surface area contributed by atoms with Gasteiger partial charge in [0.2, 0.25) is 0 Å². The van der Waals surface area contributed by atoms with Crippen molar-refractivity contribution in [2.24, 2.45) is 0 Å². The lowest BCUT2D eigenvalue weighted by molar-refractivity contribution is -0.143. The zero-order valence-corrected chi connectivity index (χ0v) is 11.5. The van der Waals surface area contributed by atoms with Gasteiger partial charge in [-0.15, -0.1) is 0 Å². The van der Waals surface area contributed by atoms with Crippen molar-refractivity contribution in [2.45, 2.75) is 53.9 Å². The average molecular weight is 234 g/mol. The van der Waals surface area contributed by atoms with Crippen molar-refractivity contribution in [1.29, 1.82) is 0 Å². The van der Waals surface area contributed by atoms with Crippen LogP contribution in [-0.4, -0.2) is 25.7 Å². The number of rotatable bonds is 3. The minimum atomic E-state index is -0.245. The molecule has 0 aliphatic carbocycles. The van der Waals surface area contributed by atoms with Crippen LogP contribution in [0.4, 0.5) is 0 Å². The summed E-state index contributed by atoms with van der Waals surface area (Å²) in [4.78, 5) is 20.0. The van der Waals surface area contributed by atoms with Crippen LogP contribution < -0.4 is 0 Å². The number of carbonyl (C=O) groups is 2. The normalized spacial score (nSPS) is 7.62. The Morgan fingerprint density at radius 1 is 1.06 bits per heavy atom. The maximum absolute atomic E-state index is 10.4. The van der Waals surface area contributed by atoms with Crippen LogP contribution in [0.25, 0.3) is 0 Å². The highest BCUT2D eigenvalue weighted by molar-refractivity contribution is 5.69. The van der Waals surface area contributed by atoms with Crippen LogP contribution in [0, 0.1) is 0 Å². The van der Waals surface area contributed by atoms with Crippen LogP contribution in [0.2, 0.25) is 0 Å². The lowest BCUT2D eigenvalue weighted by Gasteiger charge is -1.96. The quantitative estimate of drug-likeness (QED) is 0.704. The average Bonchev–Trinajstić information content (AvgIpc) is 2.20. The summed E-state index contributed by atoms with van der Waals surface area (Å²) in [6.45, 7) is 9.88. The maximum atomic E-state index is 10.4. The third kappa shape index (κ3) is 38.3. The molecule has 0 aromatic heterocycles. The molecule has 0 saturated carbocycles. The smallest absolute Gasteiger partial charge is 0.305 e. The lowest BCUT2D eigenvalue weighted by Crippen LogP contribution is -2.01. The van der Waals surface area contributed by atoms with E-state index in [4.69, 9.17) is 0 Å². The first-order valence-corrected chi connectivity index (χ1v) is 5.70. The molecule has 4 nitrogen and oxygen atoms in total. The third-order valence-electron chi connectivity index (χ3n) is 1.05. The second-order valence-electron chi connectivity index (χ2n) is 2.96. The van der Waals surface area contributed by atoms with E-state index in [0.29, 0.717) is 13.0 Å². The van der Waals surface area contributed by atoms with Crippen LogP contribution in [0.1, 0.15) is 53.9 Å². The molecular weight excluding hydrogens is 208 g/mol. The summed E-state index contributed by atoms with van der Waals surface area (Å²) in [5.74, 6) is -0.333. The van der Waals surface area contributed by atoms with Crippen LogP contribution in [0.5, 0.6) is 0 Å². The molecule has 0 aliphatic heterocycles. The van der Waals surface area contributed by atoms with E-state index >= 15 is 0 Å². The fourth-order valence-corrected chi connectivity index (χ4v) is 0.437. The Labute approximate surface area is 99.3 Å². The van der Waals surface area contributed by atoms with E-state index in [1.807, 2.05) is 13.8 Å². The molecule has 4 heteroatoms. The highest BCUT2D eigenvalue weighted by Crippen LogP contribution is 1.89. The summed E-state index contributed by atoms with van der Waals surface area (Å²) < 4.78 is 8.75. The van der Waals surface area contributed by atoms with Gasteiger partial charge in [-0.3, -0.25) is 9.59 Å². The van der Waals surface area contributed by atoms with Crippen LogP contribution in [0.3, 0.4) is 0 Å². The summed E-state index contributed by atoms with van der Waals surface area (Å²) >= 11 is 0. The van der Waals surface area contributed by atoms with Gasteiger partial charge in [-0.05, 0) is 13.3 Å². The summed E-state index contributed by atoms with van der Waals surface area (Å²) in [5, 5.41) is 0. The molecule has 0 bridgehead atoms. The van der Waals surface area contributed by atoms with Crippen molar-refractivity contribution in [2.75, 3.05) is 13.7 Å². The lowest BCUT2D eigenvalue weighted by atomic mass is 10.3. The molecule has 0 saturated heterocycles. The summed E-state index contributed by atoms with van der Waals surface area (Å²) in [6.07, 6.45) is 2.67. The summed E-state index contributed by atoms with van der Waals surface area (Å²) in [7, 11) is 1.35. The second kappa shape index (κ2) is 19.5. The van der Waals surface area contributed by atoms with Gasteiger partial charge in [0.1, 0.15) is 0 Å². The van der Waals surface area contributed by atoms with Crippen molar-refractivity contribution < 1.29 is 19.1 Å². The van der Waals surface area contributed by atoms with E-state index in [0.717, 1.165) is 6.42 Å². The molecule has 0 aromatic carbocycles. The minimum Gasteiger partial charge on any atom is -0.469 e. The molecule has 0 N–H and O–H groups in total. The van der Waals surface area contributed by atoms with E-state index < -0.39 is 0 Å². The van der Waals surface area contributed by atoms with E-state index in [1.165, 1.54) is 20.5 Å². The number of hydrogen-bond acceptors (Lipinski definition) is 4. The molecule has 0 fully saturated rings. The highest BCUT2D eigenvalue weighted by Gasteiger charge is 1.95. The van der Waals surface area contributed by atoms with Gasteiger partial charge in [0.05, 0.1) is 13.7 Å². The van der Waals surface area contributed by atoms with Crippen molar-refractivity contribution in [1.82, 2.24) is 0 Å². The van der Waals surface area contributed by atoms with Gasteiger partial charge in [-0.1, -0.05) is 27.2 Å². The van der Waals surface area contributed by atoms with E-state index in [9.17, 15) is 9.59 Å². The fraction of sp³-hybridized carbons (Fsp3) is 0.833. The SMILES string of the molecule is CCC.CCCC(=O)OCC.COC(C)=O. The van der Waals surface area contributed by atoms with Crippen molar-refractivity contribution in [3.63, 3.8) is 0 Å². The Kier molecular flexibility index (Phi) is 24.8. The zero-order valence-electron chi connectivity index (χ0n) is 11.5. The number of carbonyl (C=O) groups excluding carboxylic acids is 2. The first kappa shape index (κ1) is 20.4. The fourth-order valence-electron chi connectivity index (χ4n) is 0.437. The van der Waals surface area contributed by atoms with Crippen LogP contribution >= 0.6 is 0 Å². The Morgan fingerprint density at radius 3 is 1.62 bits per heavy atom. The number of esters is 2. The molecule has 0 unspecified atom stereocenters. The first-order valence-electron chi connectivity index (χ1n) is 5.70. The molecule has 0 aromatic rings. The Morgan fingerprint density at radius 2 is 1.44 bits per heavy atom. The zero-order chi connectivity index (χ0) is 13.4. The monoisotopic (exact) mass is 234 g/mol. The van der Waals surface area contributed by atoms with Gasteiger partial charge >= 0.3 is 11.9 Å². The van der Waals surface area contributed by atoms with Crippen LogP contribution in [-0.2, 0) is 19.1 Å². The Balaban J connectivity index is -0.000000181. The van der Waals surface area contributed by atoms with E-state index in [-0.39, 0.29) is 11.9 Å². The third-order valence-corrected chi connectivity index (χ3v) is 1.05. The van der Waals surface area contributed by atoms with Crippen molar-refractivity contribution in [3.05, 3.63) is 0 Å². The minimum absolute atomic E-state index is 0.0880. The largest absolute Gasteiger partial charge is 0.469 e. The second-order valence-corrected chi connectivity index (χ2v) is 2.96. The van der Waals surface area contributed by atoms with Gasteiger partial charge in [-0.25, -0.2) is 0 Å². The predicted molar refractivity (Wildman–Crippen MR) is 65.2 cm³/mol. The highest BCUT2D eigenvalue weighted by atomic mass is 16.5. The number of ether oxygens (including phenoxy) is 2. The van der Waals surface area contributed by atoms with Crippen molar-refractivity contribution in [3.8, 4) is 0 Å². The van der Waals surface area contributed by atoms with Gasteiger partial charge in [-0.2, -0.15) is 0 Å². The summed E-state index contributed by atoms with van der Waals surface area (Å²) in [6, 6.07) is 0. The molecule has 16 heavy (non-hydrogen) atoms. The molecular formula is C12H26O4. The molecule has 0 atom stereocenters. The Hall–Kier alpha value is -1.06. The molecule has 0 rings (SSSR count). The standard InChI is InChI=1S/C6H12O2.C3H6O2.C3H8/c1-3-5-6(7)8-4-2;1-3(4)5-2;1-3-2/h3-5H2,1-2H3;1-2H3;3H2,1-2H3. The summed E-state index contributed by atoms with van der Waals surface area (Å²) in [5.41, 5.74) is 0. The Bertz CT molecular complexity index is 147. The first-order chi connectivity index (χ1) is 7.49. The van der Waals surface area contributed by atoms with Gasteiger partial charge in [0.15, 0.2) is 0 Å². The molecule has 0 radical (unpaired) electrons. The number of methoxy groups -OCH3 is 1. The molecule has 0 amide bonds. The van der Waals surface area contributed by atoms with Gasteiger partial charge < -0.3 is 9.47 Å². The van der Waals surface area contributed by atoms with Crippen molar-refractivity contribution >= 4 is 11.9 Å². The number of hydrogen-bond donors (Lipinski definition) is 0. The molecule has 0 spiro atoms. The topological polar surface area (TPSA) is 52.6 Å². The predicted octanol–water partition coefficient (Wildman–Crippen LogP) is 2.95. The van der Waals surface area contributed by atoms with E-state index in [2.05, 4.69) is 23.3 Å². The van der Waals surface area contributed by atoms with Gasteiger partial charge in [0.25, 0.3) is 0 Å². The van der Waals surface area contributed by atoms with Crippen LogP contribution in [0.15, 0.2) is 0 Å². The maximum Gasteiger partial charge on any atom is 0.305 e. The molecule has 0 heterocycles. The van der Waals surface area contributed by atoms with Gasteiger partial charge in [0, 0.05) is 13.3 Å².